The Bertz CT molecular complexity index is 413. The first-order valence-electron chi connectivity index (χ1n) is 6.31. The molecule has 1 aromatic rings. The van der Waals surface area contributed by atoms with Crippen LogP contribution < -0.4 is 0 Å². The van der Waals surface area contributed by atoms with E-state index in [-0.39, 0.29) is 12.0 Å². The number of ether oxygens (including phenoxy) is 2. The van der Waals surface area contributed by atoms with Gasteiger partial charge in [0, 0.05) is 37.2 Å². The van der Waals surface area contributed by atoms with Crippen molar-refractivity contribution in [2.75, 3.05) is 0 Å². The zero-order chi connectivity index (χ0) is 15.1. The lowest BCUT2D eigenvalue weighted by atomic mass is 9.95. The van der Waals surface area contributed by atoms with Crippen LogP contribution in [0, 0.1) is 5.92 Å². The van der Waals surface area contributed by atoms with E-state index in [9.17, 15) is 9.90 Å². The average Bonchev–Trinajstić information content (AvgIpc) is 2.47. The maximum Gasteiger partial charge on any atom is 0.338 e. The van der Waals surface area contributed by atoms with Crippen LogP contribution >= 0.6 is 37.2 Å². The fourth-order valence-electron chi connectivity index (χ4n) is 2.00. The van der Waals surface area contributed by atoms with Crippen molar-refractivity contribution in [2.24, 2.45) is 5.92 Å². The molecule has 6 heteroatoms. The number of carbonyl (C=O) groups excluding carboxylic acids is 1. The first-order valence-corrected chi connectivity index (χ1v) is 12.6. The maximum absolute atomic E-state index is 11.9. The number of aliphatic hydroxyl groups excluding tert-OH is 1. The third kappa shape index (κ3) is 5.12. The van der Waals surface area contributed by atoms with E-state index in [1.807, 2.05) is 19.9 Å². The molecule has 20 heavy (non-hydrogen) atoms. The van der Waals surface area contributed by atoms with Crippen molar-refractivity contribution >= 4 is 43.2 Å². The van der Waals surface area contributed by atoms with Crippen molar-refractivity contribution in [3.8, 4) is 0 Å². The van der Waals surface area contributed by atoms with Gasteiger partial charge >= 0.3 is 5.97 Å². The predicted molar refractivity (Wildman–Crippen MR) is 94.0 cm³/mol. The van der Waals surface area contributed by atoms with Crippen molar-refractivity contribution < 1.29 is 19.4 Å². The van der Waals surface area contributed by atoms with Gasteiger partial charge in [-0.15, -0.1) is 0 Å². The molecule has 0 spiro atoms. The highest BCUT2D eigenvalue weighted by atomic mass is 128. The van der Waals surface area contributed by atoms with E-state index in [0.29, 0.717) is 12.0 Å². The van der Waals surface area contributed by atoms with Crippen molar-refractivity contribution in [3.05, 3.63) is 35.9 Å². The Morgan fingerprint density at radius 3 is 2.50 bits per heavy atom. The van der Waals surface area contributed by atoms with Crippen molar-refractivity contribution in [1.29, 1.82) is 0 Å². The number of rotatable bonds is 2. The molecule has 1 heterocycles. The third-order valence-corrected chi connectivity index (χ3v) is 3.35. The molecule has 2 unspecified atom stereocenters. The predicted octanol–water partition coefficient (Wildman–Crippen LogP) is 3.75. The largest absolute Gasteiger partial charge is 0.453 e. The minimum absolute atomic E-state index is 0.0216. The average molecular weight is 504 g/mol. The summed E-state index contributed by atoms with van der Waals surface area (Å²) >= 11 is 4.24. The second-order valence-electron chi connectivity index (χ2n) is 4.75. The van der Waals surface area contributed by atoms with Crippen molar-refractivity contribution in [3.63, 3.8) is 0 Å². The number of aliphatic hydroxyl groups is 1. The van der Waals surface area contributed by atoms with Crippen LogP contribution in [-0.2, 0) is 9.47 Å². The van der Waals surface area contributed by atoms with Gasteiger partial charge in [-0.3, -0.25) is 0 Å². The molecular formula is C14H18I2O4. The summed E-state index contributed by atoms with van der Waals surface area (Å²) in [5.74, 6) is -0.174. The quantitative estimate of drug-likeness (QED) is 0.493. The molecule has 0 bridgehead atoms. The molecule has 1 aliphatic rings. The number of esters is 1. The Morgan fingerprint density at radius 2 is 1.90 bits per heavy atom. The van der Waals surface area contributed by atoms with Crippen molar-refractivity contribution in [1.82, 2.24) is 0 Å². The number of hydrogen-bond acceptors (Lipinski definition) is 4. The number of benzene rings is 1. The summed E-state index contributed by atoms with van der Waals surface area (Å²) in [7, 11) is 0. The minimum atomic E-state index is -1.04. The van der Waals surface area contributed by atoms with E-state index in [1.165, 1.54) is 0 Å². The molecule has 1 N–H and O–H groups in total. The molecular weight excluding hydrogens is 486 g/mol. The lowest BCUT2D eigenvalue weighted by Crippen LogP contribution is -2.44. The molecule has 0 aliphatic carbocycles. The van der Waals surface area contributed by atoms with Gasteiger partial charge in [-0.05, 0) is 31.4 Å². The summed E-state index contributed by atoms with van der Waals surface area (Å²) in [6.45, 7) is 3.92. The molecule has 1 fully saturated rings. The van der Waals surface area contributed by atoms with Gasteiger partial charge in [-0.1, -0.05) is 25.1 Å². The highest BCUT2D eigenvalue weighted by Crippen LogP contribution is 2.26. The molecule has 0 saturated carbocycles. The first-order chi connectivity index (χ1) is 9.58. The topological polar surface area (TPSA) is 55.8 Å². The lowest BCUT2D eigenvalue weighted by molar-refractivity contribution is -0.226. The van der Waals surface area contributed by atoms with E-state index in [4.69, 9.17) is 9.47 Å². The van der Waals surface area contributed by atoms with Crippen LogP contribution in [0.1, 0.15) is 30.6 Å². The van der Waals surface area contributed by atoms with Gasteiger partial charge in [0.05, 0.1) is 11.7 Å². The summed E-state index contributed by atoms with van der Waals surface area (Å²) in [5, 5.41) is 9.75. The maximum atomic E-state index is 11.9. The second-order valence-corrected chi connectivity index (χ2v) is 4.75. The smallest absolute Gasteiger partial charge is 0.338 e. The summed E-state index contributed by atoms with van der Waals surface area (Å²) in [5.41, 5.74) is 0.482. The van der Waals surface area contributed by atoms with Gasteiger partial charge in [0.25, 0.3) is 0 Å². The molecule has 2 rings (SSSR count). The van der Waals surface area contributed by atoms with Crippen LogP contribution in [0.5, 0.6) is 0 Å². The summed E-state index contributed by atoms with van der Waals surface area (Å²) in [6.07, 6.45) is -1.04. The third-order valence-electron chi connectivity index (χ3n) is 3.35. The van der Waals surface area contributed by atoms with Crippen molar-refractivity contribution in [2.45, 2.75) is 38.8 Å². The van der Waals surface area contributed by atoms with Crippen LogP contribution in [0.15, 0.2) is 30.3 Å². The Hall–Kier alpha value is 0.0700. The van der Waals surface area contributed by atoms with Crippen LogP contribution in [0.3, 0.4) is 0 Å². The molecule has 0 amide bonds. The second kappa shape index (κ2) is 9.16. The van der Waals surface area contributed by atoms with E-state index >= 15 is 0 Å². The molecule has 4 atom stereocenters. The zero-order valence-electron chi connectivity index (χ0n) is 11.3. The number of halogens is 2. The van der Waals surface area contributed by atoms with Gasteiger partial charge in [-0.2, -0.15) is 0 Å². The fourth-order valence-corrected chi connectivity index (χ4v) is 2.00. The lowest BCUT2D eigenvalue weighted by Gasteiger charge is -2.35. The Kier molecular flexibility index (Phi) is 8.30. The Labute approximate surface area is 142 Å². The van der Waals surface area contributed by atoms with E-state index in [2.05, 4.69) is 37.2 Å². The van der Waals surface area contributed by atoms with Gasteiger partial charge in [-0.25, -0.2) is 4.79 Å². The molecule has 0 radical (unpaired) electrons. The van der Waals surface area contributed by atoms with Gasteiger partial charge < -0.3 is 14.6 Å². The van der Waals surface area contributed by atoms with E-state index in [0.717, 1.165) is 0 Å². The Balaban J connectivity index is 0.000000956. The van der Waals surface area contributed by atoms with Crippen LogP contribution in [-0.4, -0.2) is 29.6 Å². The molecule has 112 valence electrons. The van der Waals surface area contributed by atoms with E-state index < -0.39 is 18.4 Å². The van der Waals surface area contributed by atoms with Gasteiger partial charge in [0.1, 0.15) is 0 Å². The number of hydrogen-bond donors (Lipinski definition) is 1. The molecule has 0 aromatic heterocycles. The monoisotopic (exact) mass is 504 g/mol. The summed E-state index contributed by atoms with van der Waals surface area (Å²) in [4.78, 5) is 11.9. The normalized spacial score (nSPS) is 29.1. The standard InChI is InChI=1S/C14H18O4.I2/c1-9-8-12(14(16)17-10(9)2)18-13(15)11-6-4-3-5-7-11;1-2/h3-7,9-10,12,14,16H,8H2,1-2H3;/t9-,10?,12?,14-;/m1./s1. The minimum Gasteiger partial charge on any atom is -0.453 e. The summed E-state index contributed by atoms with van der Waals surface area (Å²) in [6, 6.07) is 8.75. The molecule has 4 nitrogen and oxygen atoms in total. The summed E-state index contributed by atoms with van der Waals surface area (Å²) < 4.78 is 10.6. The van der Waals surface area contributed by atoms with Crippen LogP contribution in [0.25, 0.3) is 0 Å². The van der Waals surface area contributed by atoms with Gasteiger partial charge in [0.15, 0.2) is 12.4 Å². The zero-order valence-corrected chi connectivity index (χ0v) is 15.6. The van der Waals surface area contributed by atoms with Gasteiger partial charge in [0.2, 0.25) is 0 Å². The SMILES string of the molecule is CC1O[C@@H](O)C(OC(=O)c2ccccc2)C[C@H]1C.II. The number of carbonyl (C=O) groups is 1. The molecule has 1 aromatic carbocycles. The fraction of sp³-hybridized carbons (Fsp3) is 0.500. The highest BCUT2D eigenvalue weighted by molar-refractivity contribution is 15.0. The highest BCUT2D eigenvalue weighted by Gasteiger charge is 2.35. The Morgan fingerprint density at radius 1 is 1.30 bits per heavy atom. The first kappa shape index (κ1) is 18.1. The van der Waals surface area contributed by atoms with Crippen LogP contribution in [0.4, 0.5) is 0 Å². The molecule has 1 saturated heterocycles. The van der Waals surface area contributed by atoms with E-state index in [1.54, 1.807) is 24.3 Å². The molecule has 1 aliphatic heterocycles. The van der Waals surface area contributed by atoms with Crippen LogP contribution in [0.2, 0.25) is 0 Å².